The first kappa shape index (κ1) is 38.3. The van der Waals surface area contributed by atoms with E-state index in [9.17, 15) is 0 Å². The quantitative estimate of drug-likeness (QED) is 0.147. The molecule has 0 atom stereocenters. The zero-order valence-corrected chi connectivity index (χ0v) is 35.8. The summed E-state index contributed by atoms with van der Waals surface area (Å²) in [5, 5.41) is 13.3. The van der Waals surface area contributed by atoms with Gasteiger partial charge in [-0.1, -0.05) is 146 Å². The molecule has 0 amide bonds. The second kappa shape index (κ2) is 15.8. The van der Waals surface area contributed by atoms with Crippen molar-refractivity contribution in [2.75, 3.05) is 0 Å². The Morgan fingerprint density at radius 1 is 0.358 bits per heavy atom. The third kappa shape index (κ3) is 6.67. The summed E-state index contributed by atoms with van der Waals surface area (Å²) in [6, 6.07) is 59.1. The lowest BCUT2D eigenvalue weighted by Crippen LogP contribution is -2.08. The zero-order chi connectivity index (χ0) is 44.3. The number of rotatable bonds is 8. The van der Waals surface area contributed by atoms with Gasteiger partial charge in [0.15, 0.2) is 23.3 Å². The average molecular weight is 865 g/mol. The molecule has 7 aromatic carbocycles. The third-order valence-electron chi connectivity index (χ3n) is 12.3. The predicted molar refractivity (Wildman–Crippen MR) is 263 cm³/mol. The molecule has 11 nitrogen and oxygen atoms in total. The van der Waals surface area contributed by atoms with Crippen LogP contribution in [0.2, 0.25) is 0 Å². The first-order valence-corrected chi connectivity index (χ1v) is 22.2. The molecule has 5 aromatic heterocycles. The van der Waals surface area contributed by atoms with E-state index in [1.165, 1.54) is 0 Å². The van der Waals surface area contributed by atoms with Crippen molar-refractivity contribution in [1.82, 2.24) is 49.2 Å². The van der Waals surface area contributed by atoms with Crippen LogP contribution in [0.15, 0.2) is 199 Å². The van der Waals surface area contributed by atoms with Gasteiger partial charge < -0.3 is 4.42 Å². The van der Waals surface area contributed by atoms with Crippen LogP contribution in [0.4, 0.5) is 0 Å². The SMILES string of the molecule is C1=CC(c2nc(-c3ccccc3)nc(-n3c4ccccc4c4cc(-c5nnc(-c6ccc7c(c6)c6ccccc6n7-c6nc(-c7ccccc7)nc(-c7ccccc7)n6)o5)ccc43)n2)=CCC1. The minimum Gasteiger partial charge on any atom is -0.416 e. The molecule has 1 aliphatic carbocycles. The molecular formula is C56H36N10O. The van der Waals surface area contributed by atoms with E-state index in [4.69, 9.17) is 34.3 Å². The summed E-state index contributed by atoms with van der Waals surface area (Å²) < 4.78 is 10.7. The normalized spacial score (nSPS) is 12.7. The van der Waals surface area contributed by atoms with E-state index in [-0.39, 0.29) is 0 Å². The van der Waals surface area contributed by atoms with Crippen LogP contribution in [0.1, 0.15) is 18.7 Å². The van der Waals surface area contributed by atoms with E-state index in [0.717, 1.165) is 89.8 Å². The van der Waals surface area contributed by atoms with E-state index < -0.39 is 0 Å². The van der Waals surface area contributed by atoms with Crippen molar-refractivity contribution in [2.24, 2.45) is 0 Å². The molecule has 12 aromatic rings. The molecule has 1 aliphatic rings. The number of allylic oxidation sites excluding steroid dienone is 4. The fourth-order valence-corrected chi connectivity index (χ4v) is 9.09. The second-order valence-electron chi connectivity index (χ2n) is 16.4. The van der Waals surface area contributed by atoms with Gasteiger partial charge in [-0.15, -0.1) is 10.2 Å². The van der Waals surface area contributed by atoms with Gasteiger partial charge in [-0.25, -0.2) is 9.97 Å². The Bertz CT molecular complexity index is 3870. The lowest BCUT2D eigenvalue weighted by atomic mass is 10.1. The van der Waals surface area contributed by atoms with Crippen LogP contribution in [0.3, 0.4) is 0 Å². The number of hydrogen-bond acceptors (Lipinski definition) is 9. The summed E-state index contributed by atoms with van der Waals surface area (Å²) >= 11 is 0. The first-order chi connectivity index (χ1) is 33.2. The van der Waals surface area contributed by atoms with Crippen molar-refractivity contribution in [2.45, 2.75) is 12.8 Å². The monoisotopic (exact) mass is 864 g/mol. The molecule has 316 valence electrons. The largest absolute Gasteiger partial charge is 0.416 e. The highest BCUT2D eigenvalue weighted by atomic mass is 16.4. The maximum Gasteiger partial charge on any atom is 0.248 e. The highest BCUT2D eigenvalue weighted by molar-refractivity contribution is 6.11. The maximum atomic E-state index is 6.52. The highest BCUT2D eigenvalue weighted by Crippen LogP contribution is 2.38. The topological polar surface area (TPSA) is 126 Å². The molecule has 0 saturated carbocycles. The molecule has 13 rings (SSSR count). The van der Waals surface area contributed by atoms with Crippen molar-refractivity contribution >= 4 is 49.2 Å². The van der Waals surface area contributed by atoms with Crippen LogP contribution in [-0.2, 0) is 0 Å². The number of fused-ring (bicyclic) bond motifs is 6. The molecule has 0 bridgehead atoms. The molecular weight excluding hydrogens is 829 g/mol. The summed E-state index contributed by atoms with van der Waals surface area (Å²) in [5.41, 5.74) is 9.13. The van der Waals surface area contributed by atoms with Crippen molar-refractivity contribution in [3.63, 3.8) is 0 Å². The Kier molecular flexibility index (Phi) is 9.02. The molecule has 5 heterocycles. The van der Waals surface area contributed by atoms with Gasteiger partial charge in [0.1, 0.15) is 0 Å². The van der Waals surface area contributed by atoms with E-state index in [1.807, 2.05) is 127 Å². The molecule has 0 saturated heterocycles. The van der Waals surface area contributed by atoms with Gasteiger partial charge in [-0.3, -0.25) is 9.13 Å². The van der Waals surface area contributed by atoms with E-state index in [0.29, 0.717) is 47.0 Å². The average Bonchev–Trinajstić information content (AvgIpc) is 4.13. The summed E-state index contributed by atoms with van der Waals surface area (Å²) in [6.45, 7) is 0. The van der Waals surface area contributed by atoms with Gasteiger partial charge in [0.05, 0.1) is 22.1 Å². The molecule has 11 heteroatoms. The maximum absolute atomic E-state index is 6.52. The standard InChI is InChI=1S/C56H36N10O/c1-5-17-35(18-6-1)49-57-50(36-19-7-2-8-20-36)60-55(59-49)65-45-27-15-13-25-41(45)43-33-39(29-31-47(43)65)53-63-64-54(67-53)40-30-32-48-44(34-40)42-26-14-16-28-46(42)66(48)56-61-51(37-21-9-3-10-22-37)58-52(62-56)38-23-11-4-12-24-38/h1-3,5-11,13-34H,4,12H2. The Balaban J connectivity index is 0.903. The first-order valence-electron chi connectivity index (χ1n) is 22.2. The van der Waals surface area contributed by atoms with Gasteiger partial charge in [0.25, 0.3) is 0 Å². The van der Waals surface area contributed by atoms with E-state index >= 15 is 0 Å². The van der Waals surface area contributed by atoms with Crippen molar-refractivity contribution < 1.29 is 4.42 Å². The minimum absolute atomic E-state index is 0.409. The molecule has 67 heavy (non-hydrogen) atoms. The van der Waals surface area contributed by atoms with Gasteiger partial charge >= 0.3 is 0 Å². The minimum atomic E-state index is 0.409. The summed E-state index contributed by atoms with van der Waals surface area (Å²) in [7, 11) is 0. The highest BCUT2D eigenvalue weighted by Gasteiger charge is 2.22. The van der Waals surface area contributed by atoms with Crippen molar-refractivity contribution in [3.8, 4) is 69.0 Å². The fourth-order valence-electron chi connectivity index (χ4n) is 9.09. The number of benzene rings is 7. The number of para-hydroxylation sites is 2. The van der Waals surface area contributed by atoms with Crippen LogP contribution < -0.4 is 0 Å². The van der Waals surface area contributed by atoms with Crippen LogP contribution in [0, 0.1) is 0 Å². The molecule has 0 spiro atoms. The lowest BCUT2D eigenvalue weighted by molar-refractivity contribution is 0.585. The van der Waals surface area contributed by atoms with Gasteiger partial charge in [-0.2, -0.15) is 19.9 Å². The van der Waals surface area contributed by atoms with E-state index in [2.05, 4.69) is 86.1 Å². The van der Waals surface area contributed by atoms with Crippen molar-refractivity contribution in [1.29, 1.82) is 0 Å². The van der Waals surface area contributed by atoms with Gasteiger partial charge in [0.2, 0.25) is 23.7 Å². The summed E-state index contributed by atoms with van der Waals surface area (Å²) in [4.78, 5) is 30.2. The Morgan fingerprint density at radius 3 is 1.24 bits per heavy atom. The number of aromatic nitrogens is 10. The van der Waals surface area contributed by atoms with Crippen molar-refractivity contribution in [3.05, 3.63) is 200 Å². The van der Waals surface area contributed by atoms with Crippen LogP contribution in [0.25, 0.3) is 118 Å². The third-order valence-corrected chi connectivity index (χ3v) is 12.3. The predicted octanol–water partition coefficient (Wildman–Crippen LogP) is 12.7. The number of hydrogen-bond donors (Lipinski definition) is 0. The molecule has 0 aliphatic heterocycles. The van der Waals surface area contributed by atoms with Crippen LogP contribution in [-0.4, -0.2) is 49.2 Å². The summed E-state index contributed by atoms with van der Waals surface area (Å²) in [5.74, 6) is 4.33. The van der Waals surface area contributed by atoms with E-state index in [1.54, 1.807) is 0 Å². The fraction of sp³-hybridized carbons (Fsp3) is 0.0357. The smallest absolute Gasteiger partial charge is 0.248 e. The zero-order valence-electron chi connectivity index (χ0n) is 35.8. The molecule has 0 fully saturated rings. The second-order valence-corrected chi connectivity index (χ2v) is 16.4. The van der Waals surface area contributed by atoms with Gasteiger partial charge in [-0.05, 0) is 61.4 Å². The van der Waals surface area contributed by atoms with Crippen LogP contribution in [0.5, 0.6) is 0 Å². The Hall–Kier alpha value is -9.22. The Labute approximate surface area is 383 Å². The number of nitrogens with zero attached hydrogens (tertiary/aromatic N) is 10. The Morgan fingerprint density at radius 2 is 0.776 bits per heavy atom. The molecule has 0 unspecified atom stereocenters. The molecule has 0 radical (unpaired) electrons. The van der Waals surface area contributed by atoms with Gasteiger partial charge in [0, 0.05) is 54.9 Å². The molecule has 0 N–H and O–H groups in total. The summed E-state index contributed by atoms with van der Waals surface area (Å²) in [6.07, 6.45) is 8.41. The lowest BCUT2D eigenvalue weighted by Gasteiger charge is -2.12. The van der Waals surface area contributed by atoms with Crippen LogP contribution >= 0.6 is 0 Å².